The average Bonchev–Trinajstić information content (AvgIpc) is 3.16. The van der Waals surface area contributed by atoms with Gasteiger partial charge in [0.1, 0.15) is 4.90 Å². The Hall–Kier alpha value is -1.71. The van der Waals surface area contributed by atoms with Gasteiger partial charge in [0.2, 0.25) is 10.0 Å². The topological polar surface area (TPSA) is 93.1 Å². The Balaban J connectivity index is 2.00. The molecule has 0 bridgehead atoms. The smallest absolute Gasteiger partial charge is 0.247 e. The number of H-pyrrole nitrogens is 1. The third-order valence-corrected chi connectivity index (χ3v) is 5.92. The average molecular weight is 325 g/mol. The molecule has 0 saturated carbocycles. The molecule has 0 spiro atoms. The molecule has 2 aromatic heterocycles. The molecule has 22 heavy (non-hydrogen) atoms. The van der Waals surface area contributed by atoms with Crippen molar-refractivity contribution in [1.29, 1.82) is 0 Å². The Bertz CT molecular complexity index is 738. The molecule has 9 heteroatoms. The molecule has 0 radical (unpaired) electrons. The Morgan fingerprint density at radius 2 is 2.32 bits per heavy atom. The van der Waals surface area contributed by atoms with Crippen LogP contribution in [-0.4, -0.2) is 52.5 Å². The highest BCUT2D eigenvalue weighted by atomic mass is 32.2. The molecule has 120 valence electrons. The summed E-state index contributed by atoms with van der Waals surface area (Å²) in [7, 11) is -3.63. The van der Waals surface area contributed by atoms with E-state index in [2.05, 4.69) is 15.3 Å². The van der Waals surface area contributed by atoms with Gasteiger partial charge in [-0.05, 0) is 19.9 Å². The van der Waals surface area contributed by atoms with E-state index in [1.54, 1.807) is 23.9 Å². The van der Waals surface area contributed by atoms with Crippen LogP contribution < -0.4 is 0 Å². The molecule has 1 N–H and O–H groups in total. The van der Waals surface area contributed by atoms with Gasteiger partial charge in [-0.1, -0.05) is 0 Å². The van der Waals surface area contributed by atoms with Gasteiger partial charge in [-0.15, -0.1) is 0 Å². The summed E-state index contributed by atoms with van der Waals surface area (Å²) in [4.78, 5) is 0.251. The molecule has 0 unspecified atom stereocenters. The van der Waals surface area contributed by atoms with Crippen LogP contribution in [0.2, 0.25) is 0 Å². The van der Waals surface area contributed by atoms with Crippen molar-refractivity contribution in [3.63, 3.8) is 0 Å². The summed E-state index contributed by atoms with van der Waals surface area (Å²) < 4.78 is 34.6. The molecule has 1 aliphatic rings. The summed E-state index contributed by atoms with van der Waals surface area (Å²) >= 11 is 0. The van der Waals surface area contributed by atoms with Crippen LogP contribution in [0, 0.1) is 6.92 Å². The molecule has 3 heterocycles. The van der Waals surface area contributed by atoms with E-state index >= 15 is 0 Å². The van der Waals surface area contributed by atoms with Gasteiger partial charge in [-0.2, -0.15) is 14.5 Å². The quantitative estimate of drug-likeness (QED) is 0.893. The summed E-state index contributed by atoms with van der Waals surface area (Å²) in [5.74, 6) is 0. The number of hydrogen-bond acceptors (Lipinski definition) is 5. The minimum atomic E-state index is -3.63. The number of sulfonamides is 1. The van der Waals surface area contributed by atoms with Crippen LogP contribution in [0.25, 0.3) is 0 Å². The maximum Gasteiger partial charge on any atom is 0.247 e. The van der Waals surface area contributed by atoms with Crippen molar-refractivity contribution in [3.8, 4) is 0 Å². The maximum absolute atomic E-state index is 13.0. The number of aromatic amines is 1. The molecule has 2 aromatic rings. The predicted octanol–water partition coefficient (Wildman–Crippen LogP) is 0.697. The van der Waals surface area contributed by atoms with Crippen molar-refractivity contribution in [2.75, 3.05) is 19.8 Å². The minimum absolute atomic E-state index is 0.251. The second-order valence-electron chi connectivity index (χ2n) is 5.13. The fraction of sp³-hybridized carbons (Fsp3) is 0.538. The van der Waals surface area contributed by atoms with Crippen molar-refractivity contribution in [3.05, 3.63) is 29.8 Å². The van der Waals surface area contributed by atoms with Crippen LogP contribution in [0.4, 0.5) is 0 Å². The van der Waals surface area contributed by atoms with Crippen LogP contribution in [0.3, 0.4) is 0 Å². The minimum Gasteiger partial charge on any atom is -0.378 e. The van der Waals surface area contributed by atoms with Crippen molar-refractivity contribution in [1.82, 2.24) is 24.3 Å². The SMILES string of the molecule is CCn1ncc(S(=O)(=O)N2CCOC[C@H]2c2ccn[nH]2)c1C. The Morgan fingerprint density at radius 1 is 1.50 bits per heavy atom. The van der Waals surface area contributed by atoms with Crippen LogP contribution in [0.15, 0.2) is 23.4 Å². The first-order chi connectivity index (χ1) is 10.6. The molecule has 0 aliphatic carbocycles. The van der Waals surface area contributed by atoms with E-state index in [1.165, 1.54) is 10.5 Å². The lowest BCUT2D eigenvalue weighted by Crippen LogP contribution is -2.43. The lowest BCUT2D eigenvalue weighted by Gasteiger charge is -2.33. The molecular formula is C13H19N5O3S. The molecule has 8 nitrogen and oxygen atoms in total. The van der Waals surface area contributed by atoms with Crippen molar-refractivity contribution < 1.29 is 13.2 Å². The fourth-order valence-corrected chi connectivity index (χ4v) is 4.44. The van der Waals surface area contributed by atoms with Crippen LogP contribution in [0.1, 0.15) is 24.4 Å². The van der Waals surface area contributed by atoms with Gasteiger partial charge in [-0.25, -0.2) is 8.42 Å². The lowest BCUT2D eigenvalue weighted by atomic mass is 10.2. The van der Waals surface area contributed by atoms with E-state index in [9.17, 15) is 8.42 Å². The summed E-state index contributed by atoms with van der Waals surface area (Å²) in [6.07, 6.45) is 3.03. The third-order valence-electron chi connectivity index (χ3n) is 3.90. The third kappa shape index (κ3) is 2.44. The number of nitrogens with zero attached hydrogens (tertiary/aromatic N) is 4. The number of ether oxygens (including phenoxy) is 1. The summed E-state index contributed by atoms with van der Waals surface area (Å²) in [5.41, 5.74) is 1.38. The highest BCUT2D eigenvalue weighted by Crippen LogP contribution is 2.30. The zero-order valence-corrected chi connectivity index (χ0v) is 13.4. The van der Waals surface area contributed by atoms with Gasteiger partial charge in [-0.3, -0.25) is 9.78 Å². The van der Waals surface area contributed by atoms with Gasteiger partial charge in [0.15, 0.2) is 0 Å². The Kier molecular flexibility index (Phi) is 4.02. The molecule has 1 aliphatic heterocycles. The molecule has 0 amide bonds. The largest absolute Gasteiger partial charge is 0.378 e. The van der Waals surface area contributed by atoms with Crippen molar-refractivity contribution >= 4 is 10.0 Å². The second-order valence-corrected chi connectivity index (χ2v) is 6.99. The second kappa shape index (κ2) is 5.82. The zero-order valence-electron chi connectivity index (χ0n) is 12.6. The lowest BCUT2D eigenvalue weighted by molar-refractivity contribution is 0.0305. The number of rotatable bonds is 4. The molecule has 0 aromatic carbocycles. The number of hydrogen-bond donors (Lipinski definition) is 1. The molecule has 3 rings (SSSR count). The predicted molar refractivity (Wildman–Crippen MR) is 78.7 cm³/mol. The maximum atomic E-state index is 13.0. The Morgan fingerprint density at radius 3 is 2.95 bits per heavy atom. The first kappa shape index (κ1) is 15.2. The number of aromatic nitrogens is 4. The summed E-state index contributed by atoms with van der Waals surface area (Å²) in [6.45, 7) is 5.33. The highest BCUT2D eigenvalue weighted by Gasteiger charge is 2.37. The highest BCUT2D eigenvalue weighted by molar-refractivity contribution is 7.89. The van der Waals surface area contributed by atoms with Gasteiger partial charge in [0.05, 0.1) is 36.8 Å². The number of morpholine rings is 1. The first-order valence-electron chi connectivity index (χ1n) is 7.17. The van der Waals surface area contributed by atoms with Crippen LogP contribution in [-0.2, 0) is 21.3 Å². The zero-order chi connectivity index (χ0) is 15.7. The van der Waals surface area contributed by atoms with E-state index in [-0.39, 0.29) is 4.90 Å². The van der Waals surface area contributed by atoms with Gasteiger partial charge in [0, 0.05) is 19.3 Å². The molecule has 1 atom stereocenters. The van der Waals surface area contributed by atoms with E-state index in [4.69, 9.17) is 4.74 Å². The molecule has 1 saturated heterocycles. The van der Waals surface area contributed by atoms with Gasteiger partial charge < -0.3 is 4.74 Å². The van der Waals surface area contributed by atoms with E-state index in [1.807, 2.05) is 6.92 Å². The number of nitrogens with one attached hydrogen (secondary N) is 1. The monoisotopic (exact) mass is 325 g/mol. The summed E-state index contributed by atoms with van der Waals surface area (Å²) in [5, 5.41) is 10.9. The van der Waals surface area contributed by atoms with Gasteiger partial charge in [0.25, 0.3) is 0 Å². The standard InChI is InChI=1S/C13H19N5O3S/c1-3-17-10(2)13(8-15-17)22(19,20)18-6-7-21-9-12(18)11-4-5-14-16-11/h4-5,8,12H,3,6-7,9H2,1-2H3,(H,14,16)/t12-/m0/s1. The molecule has 1 fully saturated rings. The first-order valence-corrected chi connectivity index (χ1v) is 8.61. The fourth-order valence-electron chi connectivity index (χ4n) is 2.70. The van der Waals surface area contributed by atoms with E-state index in [0.29, 0.717) is 32.0 Å². The Labute approximate surface area is 129 Å². The van der Waals surface area contributed by atoms with E-state index < -0.39 is 16.1 Å². The van der Waals surface area contributed by atoms with Crippen molar-refractivity contribution in [2.45, 2.75) is 31.3 Å². The van der Waals surface area contributed by atoms with Crippen molar-refractivity contribution in [2.24, 2.45) is 0 Å². The van der Waals surface area contributed by atoms with Crippen LogP contribution >= 0.6 is 0 Å². The summed E-state index contributed by atoms with van der Waals surface area (Å²) in [6, 6.07) is 1.37. The van der Waals surface area contributed by atoms with Gasteiger partial charge >= 0.3 is 0 Å². The number of aryl methyl sites for hydroxylation is 1. The van der Waals surface area contributed by atoms with Crippen LogP contribution in [0.5, 0.6) is 0 Å². The normalized spacial score (nSPS) is 20.4. The molecular weight excluding hydrogens is 306 g/mol. The van der Waals surface area contributed by atoms with E-state index in [0.717, 1.165) is 5.69 Å².